The van der Waals surface area contributed by atoms with Crippen molar-refractivity contribution in [2.45, 2.75) is 0 Å². The van der Waals surface area contributed by atoms with Gasteiger partial charge in [-0.1, -0.05) is 27.5 Å². The van der Waals surface area contributed by atoms with Gasteiger partial charge in [-0.15, -0.1) is 0 Å². The van der Waals surface area contributed by atoms with E-state index in [-0.39, 0.29) is 22.1 Å². The van der Waals surface area contributed by atoms with Gasteiger partial charge in [-0.05, 0) is 30.3 Å². The normalized spacial score (nSPS) is 10.4. The summed E-state index contributed by atoms with van der Waals surface area (Å²) in [5.41, 5.74) is 12.4. The third kappa shape index (κ3) is 2.52. The summed E-state index contributed by atoms with van der Waals surface area (Å²) in [5.74, 6) is -0.655. The van der Waals surface area contributed by atoms with Crippen LogP contribution in [0.4, 0.5) is 27.1 Å². The molecule has 0 radical (unpaired) electrons. The van der Waals surface area contributed by atoms with Gasteiger partial charge in [0.25, 0.3) is 0 Å². The summed E-state index contributed by atoms with van der Waals surface area (Å²) in [6, 6.07) is 8.65. The number of rotatable bonds is 2. The van der Waals surface area contributed by atoms with E-state index >= 15 is 0 Å². The number of halogens is 3. The van der Waals surface area contributed by atoms with E-state index in [1.807, 2.05) is 12.1 Å². The smallest absolute Gasteiger partial charge is 0.169 e. The molecule has 0 aliphatic heterocycles. The van der Waals surface area contributed by atoms with Crippen molar-refractivity contribution in [3.8, 4) is 0 Å². The average Bonchev–Trinajstić information content (AvgIpc) is 2.34. The van der Waals surface area contributed by atoms with Crippen molar-refractivity contribution in [1.82, 2.24) is 0 Å². The van der Waals surface area contributed by atoms with Crippen LogP contribution < -0.4 is 16.8 Å². The first-order valence-corrected chi connectivity index (χ1v) is 6.21. The lowest BCUT2D eigenvalue weighted by Gasteiger charge is -2.13. The highest BCUT2D eigenvalue weighted by Crippen LogP contribution is 2.35. The number of nitrogens with one attached hydrogen (secondary N) is 1. The highest BCUT2D eigenvalue weighted by atomic mass is 79.9. The quantitative estimate of drug-likeness (QED) is 0.725. The zero-order valence-corrected chi connectivity index (χ0v) is 11.5. The van der Waals surface area contributed by atoms with E-state index < -0.39 is 5.82 Å². The van der Waals surface area contributed by atoms with Crippen LogP contribution in [0.1, 0.15) is 0 Å². The lowest BCUT2D eigenvalue weighted by Crippen LogP contribution is -2.02. The van der Waals surface area contributed by atoms with Gasteiger partial charge in [0.1, 0.15) is 5.02 Å². The zero-order chi connectivity index (χ0) is 13.3. The Labute approximate surface area is 117 Å². The van der Waals surface area contributed by atoms with Crippen molar-refractivity contribution in [2.75, 3.05) is 16.8 Å². The van der Waals surface area contributed by atoms with Gasteiger partial charge in [0.2, 0.25) is 0 Å². The first-order chi connectivity index (χ1) is 8.49. The molecule has 94 valence electrons. The maximum atomic E-state index is 13.9. The fraction of sp³-hybridized carbons (Fsp3) is 0. The van der Waals surface area contributed by atoms with Gasteiger partial charge in [0.05, 0.1) is 17.1 Å². The summed E-state index contributed by atoms with van der Waals surface area (Å²) in [4.78, 5) is 0. The fourth-order valence-corrected chi connectivity index (χ4v) is 1.88. The molecule has 0 atom stereocenters. The maximum absolute atomic E-state index is 13.9. The molecule has 0 saturated heterocycles. The van der Waals surface area contributed by atoms with E-state index in [1.54, 1.807) is 12.1 Å². The predicted octanol–water partition coefficient (Wildman–Crippen LogP) is 4.15. The van der Waals surface area contributed by atoms with Crippen molar-refractivity contribution < 1.29 is 4.39 Å². The lowest BCUT2D eigenvalue weighted by atomic mass is 10.2. The molecule has 0 amide bonds. The molecule has 0 bridgehead atoms. The summed E-state index contributed by atoms with van der Waals surface area (Å²) >= 11 is 9.06. The SMILES string of the molecule is Nc1cc(N)c(Nc2ccc(Br)cc2)c(F)c1Cl. The molecule has 0 spiro atoms. The monoisotopic (exact) mass is 329 g/mol. The first-order valence-electron chi connectivity index (χ1n) is 5.04. The van der Waals surface area contributed by atoms with Crippen LogP contribution in [0, 0.1) is 5.82 Å². The van der Waals surface area contributed by atoms with Gasteiger partial charge in [-0.25, -0.2) is 4.39 Å². The van der Waals surface area contributed by atoms with Crippen molar-refractivity contribution in [2.24, 2.45) is 0 Å². The second kappa shape index (κ2) is 5.04. The van der Waals surface area contributed by atoms with Gasteiger partial charge >= 0.3 is 0 Å². The Kier molecular flexibility index (Phi) is 3.63. The van der Waals surface area contributed by atoms with Gasteiger partial charge in [-0.3, -0.25) is 0 Å². The summed E-state index contributed by atoms with van der Waals surface area (Å²) in [6.45, 7) is 0. The van der Waals surface area contributed by atoms with Crippen LogP contribution in [0.5, 0.6) is 0 Å². The molecule has 0 unspecified atom stereocenters. The highest BCUT2D eigenvalue weighted by Gasteiger charge is 2.14. The first kappa shape index (κ1) is 13.0. The van der Waals surface area contributed by atoms with Crippen LogP contribution in [-0.2, 0) is 0 Å². The Bertz CT molecular complexity index is 587. The Hall–Kier alpha value is -1.46. The van der Waals surface area contributed by atoms with Crippen LogP contribution in [0.3, 0.4) is 0 Å². The van der Waals surface area contributed by atoms with Gasteiger partial charge in [0, 0.05) is 10.2 Å². The van der Waals surface area contributed by atoms with Crippen molar-refractivity contribution in [1.29, 1.82) is 0 Å². The third-order valence-corrected chi connectivity index (χ3v) is 3.29. The number of hydrogen-bond acceptors (Lipinski definition) is 3. The third-order valence-electron chi connectivity index (χ3n) is 2.38. The molecule has 2 aromatic carbocycles. The molecule has 0 heterocycles. The number of nitrogens with two attached hydrogens (primary N) is 2. The summed E-state index contributed by atoms with van der Waals surface area (Å²) in [5, 5.41) is 2.74. The minimum atomic E-state index is -0.655. The summed E-state index contributed by atoms with van der Waals surface area (Å²) < 4.78 is 14.9. The fourth-order valence-electron chi connectivity index (χ4n) is 1.47. The van der Waals surface area contributed by atoms with E-state index in [0.29, 0.717) is 5.69 Å². The van der Waals surface area contributed by atoms with E-state index in [2.05, 4.69) is 21.2 Å². The van der Waals surface area contributed by atoms with Crippen molar-refractivity contribution in [3.05, 3.63) is 45.6 Å². The van der Waals surface area contributed by atoms with Crippen LogP contribution in [0.25, 0.3) is 0 Å². The number of anilines is 4. The van der Waals surface area contributed by atoms with Crippen LogP contribution in [0.15, 0.2) is 34.8 Å². The molecule has 2 aromatic rings. The average molecular weight is 331 g/mol. The topological polar surface area (TPSA) is 64.1 Å². The number of benzene rings is 2. The molecular formula is C12H10BrClFN3. The molecule has 6 heteroatoms. The van der Waals surface area contributed by atoms with Crippen LogP contribution in [-0.4, -0.2) is 0 Å². The molecule has 5 N–H and O–H groups in total. The second-order valence-electron chi connectivity index (χ2n) is 3.69. The van der Waals surface area contributed by atoms with Crippen molar-refractivity contribution in [3.63, 3.8) is 0 Å². The highest BCUT2D eigenvalue weighted by molar-refractivity contribution is 9.10. The summed E-state index contributed by atoms with van der Waals surface area (Å²) in [7, 11) is 0. The molecular weight excluding hydrogens is 321 g/mol. The molecule has 3 nitrogen and oxygen atoms in total. The minimum absolute atomic E-state index is 0.119. The minimum Gasteiger partial charge on any atom is -0.397 e. The number of hydrogen-bond donors (Lipinski definition) is 3. The standard InChI is InChI=1S/C12H10BrClFN3/c13-6-1-3-7(4-2-6)18-12-9(17)5-8(16)10(14)11(12)15/h1-5,18H,16-17H2. The largest absolute Gasteiger partial charge is 0.397 e. The van der Waals surface area contributed by atoms with Gasteiger partial charge < -0.3 is 16.8 Å². The molecule has 0 saturated carbocycles. The predicted molar refractivity (Wildman–Crippen MR) is 77.7 cm³/mol. The van der Waals surface area contributed by atoms with E-state index in [9.17, 15) is 4.39 Å². The van der Waals surface area contributed by atoms with Crippen LogP contribution >= 0.6 is 27.5 Å². The van der Waals surface area contributed by atoms with Gasteiger partial charge in [0.15, 0.2) is 5.82 Å². The Balaban J connectivity index is 2.40. The molecule has 0 aliphatic rings. The van der Waals surface area contributed by atoms with E-state index in [1.165, 1.54) is 6.07 Å². The Morgan fingerprint density at radius 1 is 1.11 bits per heavy atom. The lowest BCUT2D eigenvalue weighted by molar-refractivity contribution is 0.633. The molecule has 0 fully saturated rings. The maximum Gasteiger partial charge on any atom is 0.169 e. The molecule has 18 heavy (non-hydrogen) atoms. The van der Waals surface area contributed by atoms with Crippen LogP contribution in [0.2, 0.25) is 5.02 Å². The molecule has 2 rings (SSSR count). The zero-order valence-electron chi connectivity index (χ0n) is 9.18. The molecule has 0 aromatic heterocycles. The van der Waals surface area contributed by atoms with E-state index in [4.69, 9.17) is 23.1 Å². The molecule has 0 aliphatic carbocycles. The second-order valence-corrected chi connectivity index (χ2v) is 4.98. The Morgan fingerprint density at radius 3 is 2.33 bits per heavy atom. The van der Waals surface area contributed by atoms with E-state index in [0.717, 1.165) is 4.47 Å². The number of nitrogen functional groups attached to an aromatic ring is 2. The van der Waals surface area contributed by atoms with Crippen molar-refractivity contribution >= 4 is 50.3 Å². The summed E-state index contributed by atoms with van der Waals surface area (Å²) in [6.07, 6.45) is 0. The van der Waals surface area contributed by atoms with Gasteiger partial charge in [-0.2, -0.15) is 0 Å². The Morgan fingerprint density at radius 2 is 1.72 bits per heavy atom.